The molecular formula is C11H20N2O4. The highest BCUT2D eigenvalue weighted by atomic mass is 16.4. The van der Waals surface area contributed by atoms with E-state index in [1.54, 1.807) is 0 Å². The van der Waals surface area contributed by atoms with E-state index in [2.05, 4.69) is 5.32 Å². The van der Waals surface area contributed by atoms with E-state index in [9.17, 15) is 14.4 Å². The fourth-order valence-electron chi connectivity index (χ4n) is 1.38. The summed E-state index contributed by atoms with van der Waals surface area (Å²) in [7, 11) is 0. The lowest BCUT2D eigenvalue weighted by molar-refractivity contribution is -0.137. The molecule has 0 spiro atoms. The lowest BCUT2D eigenvalue weighted by Crippen LogP contribution is -2.45. The molecule has 0 aliphatic carbocycles. The lowest BCUT2D eigenvalue weighted by atomic mass is 10.0. The molecule has 0 rings (SSSR count). The molecule has 0 aromatic rings. The average Bonchev–Trinajstić information content (AvgIpc) is 2.15. The molecule has 4 N–H and O–H groups in total. The molecule has 0 radical (unpaired) electrons. The maximum atomic E-state index is 11.4. The smallest absolute Gasteiger partial charge is 0.303 e. The fraction of sp³-hybridized carbons (Fsp3) is 0.727. The predicted molar refractivity (Wildman–Crippen MR) is 62.1 cm³/mol. The van der Waals surface area contributed by atoms with Gasteiger partial charge >= 0.3 is 5.97 Å². The van der Waals surface area contributed by atoms with E-state index >= 15 is 0 Å². The van der Waals surface area contributed by atoms with E-state index in [1.165, 1.54) is 0 Å². The van der Waals surface area contributed by atoms with E-state index in [0.29, 0.717) is 6.42 Å². The molecule has 0 unspecified atom stereocenters. The van der Waals surface area contributed by atoms with Crippen molar-refractivity contribution >= 4 is 17.8 Å². The van der Waals surface area contributed by atoms with Crippen LogP contribution in [0.15, 0.2) is 0 Å². The monoisotopic (exact) mass is 244 g/mol. The predicted octanol–water partition coefficient (Wildman–Crippen LogP) is 0.258. The Morgan fingerprint density at radius 1 is 1.24 bits per heavy atom. The molecule has 0 heterocycles. The van der Waals surface area contributed by atoms with E-state index in [4.69, 9.17) is 10.8 Å². The highest BCUT2D eigenvalue weighted by molar-refractivity contribution is 5.86. The van der Waals surface area contributed by atoms with Gasteiger partial charge in [0.1, 0.15) is 6.04 Å². The largest absolute Gasteiger partial charge is 0.481 e. The molecule has 0 bridgehead atoms. The molecule has 98 valence electrons. The first-order valence-corrected chi connectivity index (χ1v) is 5.63. The summed E-state index contributed by atoms with van der Waals surface area (Å²) >= 11 is 0. The van der Waals surface area contributed by atoms with Gasteiger partial charge in [0.15, 0.2) is 0 Å². The topological polar surface area (TPSA) is 109 Å². The van der Waals surface area contributed by atoms with Gasteiger partial charge in [-0.2, -0.15) is 0 Å². The summed E-state index contributed by atoms with van der Waals surface area (Å²) in [6.45, 7) is 3.85. The normalized spacial score (nSPS) is 12.2. The molecule has 6 heteroatoms. The zero-order valence-electron chi connectivity index (χ0n) is 10.2. The number of carboxylic acid groups (broad SMARTS) is 1. The number of rotatable bonds is 8. The number of primary amides is 1. The van der Waals surface area contributed by atoms with Crippen molar-refractivity contribution in [2.24, 2.45) is 11.7 Å². The Kier molecular flexibility index (Phi) is 6.93. The molecule has 1 atom stereocenters. The molecule has 0 aromatic carbocycles. The average molecular weight is 244 g/mol. The Balaban J connectivity index is 4.04. The summed E-state index contributed by atoms with van der Waals surface area (Å²) in [5.74, 6) is -1.60. The van der Waals surface area contributed by atoms with E-state index in [0.717, 1.165) is 0 Å². The molecule has 0 saturated heterocycles. The third kappa shape index (κ3) is 8.24. The highest BCUT2D eigenvalue weighted by Gasteiger charge is 2.18. The minimum absolute atomic E-state index is 0.0567. The van der Waals surface area contributed by atoms with Crippen molar-refractivity contribution in [3.05, 3.63) is 0 Å². The number of carbonyl (C=O) groups is 3. The third-order valence-corrected chi connectivity index (χ3v) is 2.18. The van der Waals surface area contributed by atoms with Crippen LogP contribution in [0, 0.1) is 5.92 Å². The van der Waals surface area contributed by atoms with Crippen LogP contribution in [0.1, 0.15) is 39.5 Å². The zero-order valence-corrected chi connectivity index (χ0v) is 10.2. The summed E-state index contributed by atoms with van der Waals surface area (Å²) in [5.41, 5.74) is 5.16. The molecule has 6 nitrogen and oxygen atoms in total. The first kappa shape index (κ1) is 15.4. The maximum Gasteiger partial charge on any atom is 0.303 e. The number of nitrogens with two attached hydrogens (primary N) is 1. The summed E-state index contributed by atoms with van der Waals surface area (Å²) in [6.07, 6.45) is 0.779. The van der Waals surface area contributed by atoms with Crippen molar-refractivity contribution in [1.82, 2.24) is 5.32 Å². The Labute approximate surface area is 101 Å². The number of aliphatic carboxylic acids is 1. The van der Waals surface area contributed by atoms with E-state index in [-0.39, 0.29) is 31.1 Å². The van der Waals surface area contributed by atoms with Gasteiger partial charge in [-0.1, -0.05) is 13.8 Å². The zero-order chi connectivity index (χ0) is 13.4. The van der Waals surface area contributed by atoms with Crippen LogP contribution in [0.4, 0.5) is 0 Å². The van der Waals surface area contributed by atoms with Crippen molar-refractivity contribution in [3.63, 3.8) is 0 Å². The van der Waals surface area contributed by atoms with Gasteiger partial charge in [0.25, 0.3) is 0 Å². The Bertz CT molecular complexity index is 289. The van der Waals surface area contributed by atoms with Crippen LogP contribution in [0.3, 0.4) is 0 Å². The molecule has 0 saturated carbocycles. The van der Waals surface area contributed by atoms with Gasteiger partial charge in [-0.15, -0.1) is 0 Å². The van der Waals surface area contributed by atoms with Gasteiger partial charge in [-0.3, -0.25) is 14.4 Å². The van der Waals surface area contributed by atoms with Gasteiger partial charge < -0.3 is 16.2 Å². The molecular weight excluding hydrogens is 224 g/mol. The van der Waals surface area contributed by atoms with Crippen LogP contribution >= 0.6 is 0 Å². The van der Waals surface area contributed by atoms with Crippen molar-refractivity contribution in [2.75, 3.05) is 0 Å². The molecule has 0 aliphatic rings. The van der Waals surface area contributed by atoms with Gasteiger partial charge in [0.2, 0.25) is 11.8 Å². The number of carbonyl (C=O) groups excluding carboxylic acids is 2. The standard InChI is InChI=1S/C11H20N2O4/c1-7(2)6-8(11(12)17)13-9(14)4-3-5-10(15)16/h7-8H,3-6H2,1-2H3,(H2,12,17)(H,13,14)(H,15,16)/t8-/m0/s1. The van der Waals surface area contributed by atoms with Crippen LogP contribution < -0.4 is 11.1 Å². The number of amides is 2. The third-order valence-electron chi connectivity index (χ3n) is 2.18. The van der Waals surface area contributed by atoms with Crippen molar-refractivity contribution in [3.8, 4) is 0 Å². The van der Waals surface area contributed by atoms with Gasteiger partial charge in [0.05, 0.1) is 0 Å². The van der Waals surface area contributed by atoms with E-state index < -0.39 is 17.9 Å². The molecule has 0 aromatic heterocycles. The van der Waals surface area contributed by atoms with Crippen molar-refractivity contribution in [1.29, 1.82) is 0 Å². The lowest BCUT2D eigenvalue weighted by Gasteiger charge is -2.17. The van der Waals surface area contributed by atoms with Crippen LogP contribution in [-0.2, 0) is 14.4 Å². The van der Waals surface area contributed by atoms with E-state index in [1.807, 2.05) is 13.8 Å². The van der Waals surface area contributed by atoms with Crippen LogP contribution in [-0.4, -0.2) is 28.9 Å². The van der Waals surface area contributed by atoms with Gasteiger partial charge in [0, 0.05) is 12.8 Å². The summed E-state index contributed by atoms with van der Waals surface area (Å²) in [6, 6.07) is -0.674. The first-order valence-electron chi connectivity index (χ1n) is 5.63. The molecule has 17 heavy (non-hydrogen) atoms. The first-order chi connectivity index (χ1) is 7.82. The number of carboxylic acids is 1. The maximum absolute atomic E-state index is 11.4. The Morgan fingerprint density at radius 3 is 2.24 bits per heavy atom. The van der Waals surface area contributed by atoms with Crippen molar-refractivity contribution < 1.29 is 19.5 Å². The van der Waals surface area contributed by atoms with Gasteiger partial charge in [-0.05, 0) is 18.8 Å². The Hall–Kier alpha value is -1.59. The summed E-state index contributed by atoms with van der Waals surface area (Å²) in [5, 5.41) is 10.9. The van der Waals surface area contributed by atoms with Gasteiger partial charge in [-0.25, -0.2) is 0 Å². The number of hydrogen-bond acceptors (Lipinski definition) is 3. The quantitative estimate of drug-likeness (QED) is 0.568. The minimum atomic E-state index is -0.938. The van der Waals surface area contributed by atoms with Crippen LogP contribution in [0.25, 0.3) is 0 Å². The number of nitrogens with one attached hydrogen (secondary N) is 1. The second-order valence-corrected chi connectivity index (χ2v) is 4.40. The SMILES string of the molecule is CC(C)C[C@H](NC(=O)CCCC(=O)O)C(N)=O. The molecule has 0 fully saturated rings. The second-order valence-electron chi connectivity index (χ2n) is 4.40. The second kappa shape index (κ2) is 7.65. The number of hydrogen-bond donors (Lipinski definition) is 3. The van der Waals surface area contributed by atoms with Crippen LogP contribution in [0.2, 0.25) is 0 Å². The summed E-state index contributed by atoms with van der Waals surface area (Å²) < 4.78 is 0. The Morgan fingerprint density at radius 2 is 1.82 bits per heavy atom. The molecule has 0 aliphatic heterocycles. The van der Waals surface area contributed by atoms with Crippen LogP contribution in [0.5, 0.6) is 0 Å². The highest BCUT2D eigenvalue weighted by Crippen LogP contribution is 2.05. The molecule has 2 amide bonds. The van der Waals surface area contributed by atoms with Crippen molar-refractivity contribution in [2.45, 2.75) is 45.6 Å². The minimum Gasteiger partial charge on any atom is -0.481 e. The fourth-order valence-corrected chi connectivity index (χ4v) is 1.38. The summed E-state index contributed by atoms with van der Waals surface area (Å²) in [4.78, 5) is 32.7.